The summed E-state index contributed by atoms with van der Waals surface area (Å²) >= 11 is 3.90. The molecule has 2 amide bonds. The van der Waals surface area contributed by atoms with Crippen LogP contribution in [0.25, 0.3) is 0 Å². The number of thiol groups is 1. The zero-order valence-corrected chi connectivity index (χ0v) is 14.9. The van der Waals surface area contributed by atoms with Crippen LogP contribution in [0.5, 0.6) is 0 Å². The monoisotopic (exact) mass is 328 g/mol. The molecule has 0 aliphatic heterocycles. The molecule has 21 heavy (non-hydrogen) atoms. The van der Waals surface area contributed by atoms with Crippen LogP contribution in [0.15, 0.2) is 0 Å². The van der Waals surface area contributed by atoms with Gasteiger partial charge in [-0.3, -0.25) is 14.4 Å². The second-order valence-electron chi connectivity index (χ2n) is 3.82. The summed E-state index contributed by atoms with van der Waals surface area (Å²) in [5.74, 6) is -2.93. The minimum atomic E-state index is -1.43. The molecular formula is C11H17N2NaO6S. The molecule has 0 bridgehead atoms. The standard InChI is InChI=1S/C11H18N2O6S.Na/c1-19-10(17)4-2-3-8(14)13-7(6-20)11(18)12-5-9(15)16;/h7,20H,2-6H2,1H3,(H,12,18)(H,13,14)(H,15,16);/q;+1/p-1. The molecule has 0 saturated carbocycles. The Kier molecular flexibility index (Phi) is 13.9. The van der Waals surface area contributed by atoms with Gasteiger partial charge in [0.15, 0.2) is 0 Å². The van der Waals surface area contributed by atoms with Crippen molar-refractivity contribution in [1.29, 1.82) is 0 Å². The average Bonchev–Trinajstić information content (AvgIpc) is 2.41. The van der Waals surface area contributed by atoms with Crippen molar-refractivity contribution >= 4 is 36.4 Å². The van der Waals surface area contributed by atoms with Crippen molar-refractivity contribution in [2.75, 3.05) is 19.4 Å². The smallest absolute Gasteiger partial charge is 0.548 e. The molecule has 1 unspecified atom stereocenters. The number of carboxylic acids is 1. The van der Waals surface area contributed by atoms with Crippen LogP contribution in [0, 0.1) is 0 Å². The van der Waals surface area contributed by atoms with Crippen molar-refractivity contribution in [3.8, 4) is 0 Å². The molecule has 0 aliphatic carbocycles. The van der Waals surface area contributed by atoms with Gasteiger partial charge in [-0.25, -0.2) is 0 Å². The van der Waals surface area contributed by atoms with E-state index < -0.39 is 36.3 Å². The average molecular weight is 328 g/mol. The largest absolute Gasteiger partial charge is 1.00 e. The van der Waals surface area contributed by atoms with Crippen LogP contribution in [0.2, 0.25) is 0 Å². The van der Waals surface area contributed by atoms with Gasteiger partial charge in [-0.2, -0.15) is 12.6 Å². The van der Waals surface area contributed by atoms with Gasteiger partial charge in [-0.05, 0) is 6.42 Å². The fourth-order valence-electron chi connectivity index (χ4n) is 1.24. The molecular weight excluding hydrogens is 311 g/mol. The van der Waals surface area contributed by atoms with Gasteiger partial charge in [0.2, 0.25) is 11.8 Å². The Bertz CT molecular complexity index is 380. The van der Waals surface area contributed by atoms with Crippen LogP contribution in [-0.4, -0.2) is 49.2 Å². The first-order valence-corrected chi connectivity index (χ1v) is 6.48. The van der Waals surface area contributed by atoms with Crippen molar-refractivity contribution in [3.63, 3.8) is 0 Å². The second-order valence-corrected chi connectivity index (χ2v) is 4.19. The van der Waals surface area contributed by atoms with Crippen LogP contribution in [0.4, 0.5) is 0 Å². The quantitative estimate of drug-likeness (QED) is 0.220. The van der Waals surface area contributed by atoms with E-state index in [2.05, 4.69) is 28.0 Å². The molecule has 0 aromatic rings. The maximum atomic E-state index is 11.5. The number of aliphatic carboxylic acids is 1. The first kappa shape index (κ1) is 22.5. The predicted molar refractivity (Wildman–Crippen MR) is 69.7 cm³/mol. The minimum Gasteiger partial charge on any atom is -0.548 e. The number of hydrogen-bond donors (Lipinski definition) is 3. The third kappa shape index (κ3) is 11.6. The Morgan fingerprint density at radius 2 is 1.86 bits per heavy atom. The molecule has 2 N–H and O–H groups in total. The van der Waals surface area contributed by atoms with Crippen molar-refractivity contribution in [1.82, 2.24) is 10.6 Å². The molecule has 0 saturated heterocycles. The Morgan fingerprint density at radius 3 is 2.33 bits per heavy atom. The molecule has 0 aliphatic rings. The summed E-state index contributed by atoms with van der Waals surface area (Å²) in [6, 6.07) is -0.941. The molecule has 0 aromatic heterocycles. The molecule has 1 atom stereocenters. The number of esters is 1. The Labute approximate surface area is 150 Å². The van der Waals surface area contributed by atoms with Crippen molar-refractivity contribution in [2.24, 2.45) is 0 Å². The molecule has 0 rings (SSSR count). The van der Waals surface area contributed by atoms with Crippen LogP contribution in [-0.2, 0) is 23.9 Å². The summed E-state index contributed by atoms with van der Waals surface area (Å²) < 4.78 is 4.42. The van der Waals surface area contributed by atoms with Crippen LogP contribution in [0.1, 0.15) is 19.3 Å². The summed E-state index contributed by atoms with van der Waals surface area (Å²) in [6.45, 7) is -0.638. The topological polar surface area (TPSA) is 125 Å². The van der Waals surface area contributed by atoms with Gasteiger partial charge in [0.05, 0.1) is 19.6 Å². The first-order valence-electron chi connectivity index (χ1n) is 5.85. The molecule has 0 fully saturated rings. The normalized spacial score (nSPS) is 10.8. The molecule has 8 nitrogen and oxygen atoms in total. The van der Waals surface area contributed by atoms with Crippen molar-refractivity contribution in [2.45, 2.75) is 25.3 Å². The van der Waals surface area contributed by atoms with E-state index in [9.17, 15) is 24.3 Å². The summed E-state index contributed by atoms with van der Waals surface area (Å²) in [5.41, 5.74) is 0. The van der Waals surface area contributed by atoms with Gasteiger partial charge in [0.1, 0.15) is 6.04 Å². The fraction of sp³-hybridized carbons (Fsp3) is 0.636. The SMILES string of the molecule is COC(=O)CCCC(=O)NC(CS)C(=O)NCC(=O)[O-].[Na+]. The number of carbonyl (C=O) groups excluding carboxylic acids is 4. The maximum absolute atomic E-state index is 11.5. The van der Waals surface area contributed by atoms with Crippen LogP contribution < -0.4 is 45.3 Å². The number of ether oxygens (including phenoxy) is 1. The molecule has 0 spiro atoms. The third-order valence-electron chi connectivity index (χ3n) is 2.25. The Morgan fingerprint density at radius 1 is 1.24 bits per heavy atom. The number of amides is 2. The van der Waals surface area contributed by atoms with E-state index in [4.69, 9.17) is 0 Å². The van der Waals surface area contributed by atoms with E-state index >= 15 is 0 Å². The van der Waals surface area contributed by atoms with Gasteiger partial charge < -0.3 is 25.3 Å². The predicted octanol–water partition coefficient (Wildman–Crippen LogP) is -5.39. The molecule has 0 aromatic carbocycles. The zero-order chi connectivity index (χ0) is 15.5. The molecule has 114 valence electrons. The number of carboxylic acid groups (broad SMARTS) is 1. The number of carbonyl (C=O) groups is 4. The van der Waals surface area contributed by atoms with Crippen LogP contribution in [0.3, 0.4) is 0 Å². The summed E-state index contributed by atoms with van der Waals surface area (Å²) in [7, 11) is 1.25. The number of nitrogens with one attached hydrogen (secondary N) is 2. The van der Waals surface area contributed by atoms with Gasteiger partial charge in [-0.1, -0.05) is 0 Å². The Hall–Kier alpha value is -0.770. The molecule has 10 heteroatoms. The number of hydrogen-bond acceptors (Lipinski definition) is 7. The molecule has 0 radical (unpaired) electrons. The van der Waals surface area contributed by atoms with Crippen molar-refractivity contribution in [3.05, 3.63) is 0 Å². The number of rotatable bonds is 9. The zero-order valence-electron chi connectivity index (χ0n) is 12.0. The molecule has 0 heterocycles. The van der Waals surface area contributed by atoms with Gasteiger partial charge in [-0.15, -0.1) is 0 Å². The van der Waals surface area contributed by atoms with Crippen LogP contribution >= 0.6 is 12.6 Å². The minimum absolute atomic E-state index is 0. The fourth-order valence-corrected chi connectivity index (χ4v) is 1.50. The number of methoxy groups -OCH3 is 1. The van der Waals surface area contributed by atoms with Gasteiger partial charge >= 0.3 is 35.5 Å². The maximum Gasteiger partial charge on any atom is 1.00 e. The van der Waals surface area contributed by atoms with Gasteiger partial charge in [0.25, 0.3) is 0 Å². The summed E-state index contributed by atoms with van der Waals surface area (Å²) in [6.07, 6.45) is 0.442. The summed E-state index contributed by atoms with van der Waals surface area (Å²) in [5, 5.41) is 14.7. The summed E-state index contributed by atoms with van der Waals surface area (Å²) in [4.78, 5) is 44.1. The first-order chi connectivity index (χ1) is 9.40. The van der Waals surface area contributed by atoms with E-state index in [0.717, 1.165) is 0 Å². The van der Waals surface area contributed by atoms with E-state index in [1.54, 1.807) is 0 Å². The Balaban J connectivity index is 0. The van der Waals surface area contributed by atoms with E-state index in [0.29, 0.717) is 6.42 Å². The van der Waals surface area contributed by atoms with E-state index in [-0.39, 0.29) is 48.2 Å². The van der Waals surface area contributed by atoms with E-state index in [1.165, 1.54) is 7.11 Å². The van der Waals surface area contributed by atoms with Crippen molar-refractivity contribution < 1.29 is 58.6 Å². The van der Waals surface area contributed by atoms with Gasteiger partial charge in [0, 0.05) is 18.6 Å². The van der Waals surface area contributed by atoms with E-state index in [1.807, 2.05) is 0 Å². The third-order valence-corrected chi connectivity index (χ3v) is 2.62. The second kappa shape index (κ2) is 12.9.